The molecule has 0 fully saturated rings. The van der Waals surface area contributed by atoms with Crippen LogP contribution < -0.4 is 10.1 Å². The predicted octanol–water partition coefficient (Wildman–Crippen LogP) is 4.79. The third kappa shape index (κ3) is 4.00. The maximum atomic E-state index is 12.5. The largest absolute Gasteiger partial charge is 0.481 e. The number of carbonyl (C=O) groups is 1. The summed E-state index contributed by atoms with van der Waals surface area (Å²) < 4.78 is 5.77. The summed E-state index contributed by atoms with van der Waals surface area (Å²) in [7, 11) is 0. The van der Waals surface area contributed by atoms with Crippen molar-refractivity contribution >= 4 is 16.7 Å². The van der Waals surface area contributed by atoms with Crippen LogP contribution in [-0.2, 0) is 4.79 Å². The second kappa shape index (κ2) is 7.39. The van der Waals surface area contributed by atoms with Crippen LogP contribution in [-0.4, -0.2) is 12.0 Å². The van der Waals surface area contributed by atoms with Crippen molar-refractivity contribution in [2.24, 2.45) is 0 Å². The molecule has 1 amide bonds. The second-order valence-corrected chi connectivity index (χ2v) is 6.38. The zero-order valence-electron chi connectivity index (χ0n) is 14.8. The summed E-state index contributed by atoms with van der Waals surface area (Å²) in [6.45, 7) is 5.77. The van der Waals surface area contributed by atoms with Crippen LogP contribution in [0.2, 0.25) is 0 Å². The summed E-state index contributed by atoms with van der Waals surface area (Å²) in [6, 6.07) is 22.0. The lowest BCUT2D eigenvalue weighted by molar-refractivity contribution is -0.127. The number of amides is 1. The molecule has 0 spiro atoms. The van der Waals surface area contributed by atoms with Gasteiger partial charge in [-0.2, -0.15) is 0 Å². The Morgan fingerprint density at radius 2 is 1.68 bits per heavy atom. The van der Waals surface area contributed by atoms with Crippen molar-refractivity contribution in [3.05, 3.63) is 77.9 Å². The summed E-state index contributed by atoms with van der Waals surface area (Å²) in [4.78, 5) is 12.5. The highest BCUT2D eigenvalue weighted by molar-refractivity contribution is 5.87. The molecule has 0 aliphatic carbocycles. The average molecular weight is 333 g/mol. The molecule has 25 heavy (non-hydrogen) atoms. The third-order valence-corrected chi connectivity index (χ3v) is 4.32. The number of fused-ring (bicyclic) bond motifs is 1. The van der Waals surface area contributed by atoms with Gasteiger partial charge in [-0.1, -0.05) is 54.6 Å². The van der Waals surface area contributed by atoms with E-state index in [9.17, 15) is 4.79 Å². The molecule has 2 unspecified atom stereocenters. The molecular weight excluding hydrogens is 310 g/mol. The molecule has 0 radical (unpaired) electrons. The summed E-state index contributed by atoms with van der Waals surface area (Å²) in [5, 5.41) is 5.39. The summed E-state index contributed by atoms with van der Waals surface area (Å²) >= 11 is 0. The molecule has 2 atom stereocenters. The first-order valence-corrected chi connectivity index (χ1v) is 8.56. The number of hydrogen-bond donors (Lipinski definition) is 1. The van der Waals surface area contributed by atoms with E-state index in [4.69, 9.17) is 4.74 Å². The molecule has 3 heteroatoms. The lowest BCUT2D eigenvalue weighted by atomic mass is 9.99. The molecule has 0 aromatic heterocycles. The zero-order valence-corrected chi connectivity index (χ0v) is 14.8. The highest BCUT2D eigenvalue weighted by Crippen LogP contribution is 2.24. The lowest BCUT2D eigenvalue weighted by Gasteiger charge is -2.20. The molecule has 0 bridgehead atoms. The Morgan fingerprint density at radius 1 is 0.960 bits per heavy atom. The van der Waals surface area contributed by atoms with Gasteiger partial charge >= 0.3 is 0 Å². The van der Waals surface area contributed by atoms with Crippen LogP contribution in [0.25, 0.3) is 10.8 Å². The predicted molar refractivity (Wildman–Crippen MR) is 102 cm³/mol. The number of nitrogens with one attached hydrogen (secondary N) is 1. The molecule has 1 N–H and O–H groups in total. The van der Waals surface area contributed by atoms with E-state index in [0.717, 1.165) is 16.5 Å². The molecular formula is C22H23NO2. The topological polar surface area (TPSA) is 38.3 Å². The van der Waals surface area contributed by atoms with Crippen LogP contribution in [0.1, 0.15) is 31.0 Å². The normalized spacial score (nSPS) is 13.2. The Morgan fingerprint density at radius 3 is 2.48 bits per heavy atom. The number of hydrogen-bond acceptors (Lipinski definition) is 2. The molecule has 0 aliphatic heterocycles. The Labute approximate surface area is 148 Å². The standard InChI is InChI=1S/C22H23NO2/c1-15-8-6-11-19(14-15)25-17(3)22(24)23-16(2)20-13-7-10-18-9-4-5-12-21(18)20/h4-14,16-17H,1-3H3,(H,23,24). The number of aryl methyl sites for hydroxylation is 1. The SMILES string of the molecule is Cc1cccc(OC(C)C(=O)NC(C)c2cccc3ccccc23)c1. The van der Waals surface area contributed by atoms with E-state index in [1.165, 1.54) is 5.39 Å². The maximum absolute atomic E-state index is 12.5. The van der Waals surface area contributed by atoms with Crippen molar-refractivity contribution in [1.82, 2.24) is 5.32 Å². The van der Waals surface area contributed by atoms with Gasteiger partial charge in [0.05, 0.1) is 6.04 Å². The lowest BCUT2D eigenvalue weighted by Crippen LogP contribution is -2.37. The van der Waals surface area contributed by atoms with Crippen molar-refractivity contribution in [2.45, 2.75) is 32.9 Å². The summed E-state index contributed by atoms with van der Waals surface area (Å²) in [6.07, 6.45) is -0.556. The highest BCUT2D eigenvalue weighted by Gasteiger charge is 2.18. The number of ether oxygens (including phenoxy) is 1. The zero-order chi connectivity index (χ0) is 17.8. The minimum Gasteiger partial charge on any atom is -0.481 e. The first-order chi connectivity index (χ1) is 12.0. The Bertz CT molecular complexity index is 883. The van der Waals surface area contributed by atoms with E-state index in [-0.39, 0.29) is 11.9 Å². The average Bonchev–Trinajstić information content (AvgIpc) is 2.61. The van der Waals surface area contributed by atoms with Crippen LogP contribution in [0, 0.1) is 6.92 Å². The number of rotatable bonds is 5. The van der Waals surface area contributed by atoms with Crippen molar-refractivity contribution in [3.8, 4) is 5.75 Å². The van der Waals surface area contributed by atoms with E-state index in [1.807, 2.05) is 56.3 Å². The summed E-state index contributed by atoms with van der Waals surface area (Å²) in [5.41, 5.74) is 2.21. The fourth-order valence-electron chi connectivity index (χ4n) is 2.98. The van der Waals surface area contributed by atoms with Gasteiger partial charge < -0.3 is 10.1 Å². The molecule has 3 rings (SSSR count). The molecule has 0 saturated heterocycles. The van der Waals surface area contributed by atoms with Gasteiger partial charge in [0.2, 0.25) is 0 Å². The van der Waals surface area contributed by atoms with Gasteiger partial charge in [-0.25, -0.2) is 0 Å². The fraction of sp³-hybridized carbons (Fsp3) is 0.227. The Kier molecular flexibility index (Phi) is 5.03. The fourth-order valence-corrected chi connectivity index (χ4v) is 2.98. The minimum absolute atomic E-state index is 0.0952. The maximum Gasteiger partial charge on any atom is 0.261 e. The molecule has 0 saturated carbocycles. The van der Waals surface area contributed by atoms with E-state index in [2.05, 4.69) is 29.6 Å². The molecule has 3 aromatic carbocycles. The van der Waals surface area contributed by atoms with Crippen LogP contribution in [0.15, 0.2) is 66.7 Å². The highest BCUT2D eigenvalue weighted by atomic mass is 16.5. The van der Waals surface area contributed by atoms with Gasteiger partial charge in [-0.05, 0) is 54.8 Å². The molecule has 128 valence electrons. The first-order valence-electron chi connectivity index (χ1n) is 8.56. The van der Waals surface area contributed by atoms with E-state index < -0.39 is 6.10 Å². The van der Waals surface area contributed by atoms with Crippen LogP contribution in [0.4, 0.5) is 0 Å². The van der Waals surface area contributed by atoms with E-state index in [1.54, 1.807) is 6.92 Å². The van der Waals surface area contributed by atoms with Crippen LogP contribution in [0.3, 0.4) is 0 Å². The summed E-state index contributed by atoms with van der Waals surface area (Å²) in [5.74, 6) is 0.586. The van der Waals surface area contributed by atoms with Crippen molar-refractivity contribution in [1.29, 1.82) is 0 Å². The number of carbonyl (C=O) groups excluding carboxylic acids is 1. The van der Waals surface area contributed by atoms with E-state index >= 15 is 0 Å². The van der Waals surface area contributed by atoms with E-state index in [0.29, 0.717) is 5.75 Å². The molecule has 3 aromatic rings. The Hall–Kier alpha value is -2.81. The molecule has 0 heterocycles. The monoisotopic (exact) mass is 333 g/mol. The van der Waals surface area contributed by atoms with Gasteiger partial charge in [0.15, 0.2) is 6.10 Å². The van der Waals surface area contributed by atoms with Gasteiger partial charge in [0, 0.05) is 0 Å². The smallest absolute Gasteiger partial charge is 0.261 e. The van der Waals surface area contributed by atoms with Gasteiger partial charge in [-0.3, -0.25) is 4.79 Å². The van der Waals surface area contributed by atoms with Crippen molar-refractivity contribution in [3.63, 3.8) is 0 Å². The van der Waals surface area contributed by atoms with Crippen LogP contribution >= 0.6 is 0 Å². The minimum atomic E-state index is -0.556. The van der Waals surface area contributed by atoms with Crippen molar-refractivity contribution < 1.29 is 9.53 Å². The third-order valence-electron chi connectivity index (χ3n) is 4.32. The first kappa shape index (κ1) is 17.0. The number of benzene rings is 3. The van der Waals surface area contributed by atoms with Crippen molar-refractivity contribution in [2.75, 3.05) is 0 Å². The molecule has 0 aliphatic rings. The van der Waals surface area contributed by atoms with Crippen LogP contribution in [0.5, 0.6) is 5.75 Å². The van der Waals surface area contributed by atoms with Gasteiger partial charge in [-0.15, -0.1) is 0 Å². The Balaban J connectivity index is 1.71. The molecule has 3 nitrogen and oxygen atoms in total. The van der Waals surface area contributed by atoms with Gasteiger partial charge in [0.1, 0.15) is 5.75 Å². The van der Waals surface area contributed by atoms with Gasteiger partial charge in [0.25, 0.3) is 5.91 Å². The second-order valence-electron chi connectivity index (χ2n) is 6.38. The quantitative estimate of drug-likeness (QED) is 0.729.